The number of ether oxygens (including phenoxy) is 2. The fourth-order valence-electron chi connectivity index (χ4n) is 2.30. The Balaban J connectivity index is 1.86. The molecule has 0 unspecified atom stereocenters. The highest BCUT2D eigenvalue weighted by atomic mass is 19.3. The van der Waals surface area contributed by atoms with Crippen LogP contribution in [0.1, 0.15) is 18.5 Å². The Labute approximate surface area is 144 Å². The number of carbonyl (C=O) groups excluding carboxylic acids is 1. The van der Waals surface area contributed by atoms with Crippen molar-refractivity contribution < 1.29 is 23.0 Å². The van der Waals surface area contributed by atoms with Gasteiger partial charge in [0, 0.05) is 17.3 Å². The molecule has 1 amide bonds. The minimum Gasteiger partial charge on any atom is -0.496 e. The molecule has 0 aliphatic rings. The van der Waals surface area contributed by atoms with Gasteiger partial charge in [0.2, 0.25) is 5.91 Å². The molecule has 134 valence electrons. The lowest BCUT2D eigenvalue weighted by molar-refractivity contribution is -0.115. The Morgan fingerprint density at radius 1 is 1.12 bits per heavy atom. The fraction of sp³-hybridized carbons (Fsp3) is 0.278. The number of amides is 1. The predicted molar refractivity (Wildman–Crippen MR) is 91.1 cm³/mol. The SMILES string of the molecule is COc1ccccc1[C@H](C)NCC(=O)Nc1ccc(OC(F)F)cc1. The molecule has 0 aliphatic carbocycles. The van der Waals surface area contributed by atoms with Crippen molar-refractivity contribution in [2.75, 3.05) is 19.0 Å². The van der Waals surface area contributed by atoms with E-state index in [1.807, 2.05) is 31.2 Å². The highest BCUT2D eigenvalue weighted by Crippen LogP contribution is 2.24. The zero-order valence-electron chi connectivity index (χ0n) is 14.0. The number of anilines is 1. The van der Waals surface area contributed by atoms with Crippen LogP contribution in [0.15, 0.2) is 48.5 Å². The highest BCUT2D eigenvalue weighted by molar-refractivity contribution is 5.92. The molecule has 2 rings (SSSR count). The number of alkyl halides is 2. The molecule has 0 bridgehead atoms. The number of rotatable bonds is 8. The van der Waals surface area contributed by atoms with Crippen molar-refractivity contribution in [2.24, 2.45) is 0 Å². The lowest BCUT2D eigenvalue weighted by Gasteiger charge is -2.17. The van der Waals surface area contributed by atoms with Crippen LogP contribution in [0.3, 0.4) is 0 Å². The van der Waals surface area contributed by atoms with Gasteiger partial charge in [-0.2, -0.15) is 8.78 Å². The van der Waals surface area contributed by atoms with E-state index in [9.17, 15) is 13.6 Å². The maximum Gasteiger partial charge on any atom is 0.387 e. The first-order chi connectivity index (χ1) is 12.0. The number of benzene rings is 2. The van der Waals surface area contributed by atoms with Gasteiger partial charge in [0.25, 0.3) is 0 Å². The first-order valence-corrected chi connectivity index (χ1v) is 7.70. The van der Waals surface area contributed by atoms with Crippen LogP contribution in [0.2, 0.25) is 0 Å². The van der Waals surface area contributed by atoms with Crippen molar-refractivity contribution in [3.63, 3.8) is 0 Å². The summed E-state index contributed by atoms with van der Waals surface area (Å²) in [6.45, 7) is -0.850. The van der Waals surface area contributed by atoms with Crippen LogP contribution in [0.5, 0.6) is 11.5 Å². The van der Waals surface area contributed by atoms with Crippen LogP contribution in [0.4, 0.5) is 14.5 Å². The van der Waals surface area contributed by atoms with Gasteiger partial charge in [0.15, 0.2) is 0 Å². The summed E-state index contributed by atoms with van der Waals surface area (Å²) < 4.78 is 33.7. The molecule has 7 heteroatoms. The molecule has 0 saturated heterocycles. The van der Waals surface area contributed by atoms with Gasteiger partial charge in [-0.3, -0.25) is 4.79 Å². The minimum absolute atomic E-state index is 0.0379. The summed E-state index contributed by atoms with van der Waals surface area (Å²) in [6, 6.07) is 13.2. The van der Waals surface area contributed by atoms with Crippen molar-refractivity contribution in [3.05, 3.63) is 54.1 Å². The standard InChI is InChI=1S/C18H20F2N2O3/c1-12(15-5-3-4-6-16(15)24-2)21-11-17(23)22-13-7-9-14(10-8-13)25-18(19)20/h3-10,12,18,21H,11H2,1-2H3,(H,22,23)/t12-/m0/s1. The number of hydrogen-bond donors (Lipinski definition) is 2. The van der Waals surface area contributed by atoms with Crippen molar-refractivity contribution in [1.82, 2.24) is 5.32 Å². The van der Waals surface area contributed by atoms with E-state index >= 15 is 0 Å². The van der Waals surface area contributed by atoms with Crippen molar-refractivity contribution in [3.8, 4) is 11.5 Å². The molecule has 0 fully saturated rings. The molecule has 2 N–H and O–H groups in total. The zero-order valence-corrected chi connectivity index (χ0v) is 14.0. The predicted octanol–water partition coefficient (Wildman–Crippen LogP) is 3.59. The third-order valence-electron chi connectivity index (χ3n) is 3.54. The van der Waals surface area contributed by atoms with Gasteiger partial charge < -0.3 is 20.1 Å². The first kappa shape index (κ1) is 18.7. The minimum atomic E-state index is -2.87. The number of hydrogen-bond acceptors (Lipinski definition) is 4. The Morgan fingerprint density at radius 2 is 1.80 bits per heavy atom. The van der Waals surface area contributed by atoms with Crippen LogP contribution in [0.25, 0.3) is 0 Å². The van der Waals surface area contributed by atoms with Gasteiger partial charge in [-0.05, 0) is 37.3 Å². The highest BCUT2D eigenvalue weighted by Gasteiger charge is 2.12. The molecule has 0 radical (unpaired) electrons. The quantitative estimate of drug-likeness (QED) is 0.764. The lowest BCUT2D eigenvalue weighted by atomic mass is 10.1. The van der Waals surface area contributed by atoms with Gasteiger partial charge in [-0.1, -0.05) is 18.2 Å². The summed E-state index contributed by atoms with van der Waals surface area (Å²) in [5.41, 5.74) is 1.45. The van der Waals surface area contributed by atoms with Gasteiger partial charge in [-0.15, -0.1) is 0 Å². The maximum absolute atomic E-state index is 12.1. The maximum atomic E-state index is 12.1. The van der Waals surface area contributed by atoms with Crippen LogP contribution in [0, 0.1) is 0 Å². The normalized spacial score (nSPS) is 11.9. The van der Waals surface area contributed by atoms with E-state index in [2.05, 4.69) is 15.4 Å². The monoisotopic (exact) mass is 350 g/mol. The number of halogens is 2. The van der Waals surface area contributed by atoms with E-state index in [0.717, 1.165) is 11.3 Å². The molecule has 0 spiro atoms. The molecule has 0 aromatic heterocycles. The van der Waals surface area contributed by atoms with Crippen LogP contribution < -0.4 is 20.1 Å². The van der Waals surface area contributed by atoms with E-state index < -0.39 is 6.61 Å². The molecular weight excluding hydrogens is 330 g/mol. The Morgan fingerprint density at radius 3 is 2.44 bits per heavy atom. The molecule has 5 nitrogen and oxygen atoms in total. The molecular formula is C18H20F2N2O3. The zero-order chi connectivity index (χ0) is 18.2. The number of methoxy groups -OCH3 is 1. The van der Waals surface area contributed by atoms with Gasteiger partial charge >= 0.3 is 6.61 Å². The number of carbonyl (C=O) groups is 1. The summed E-state index contributed by atoms with van der Waals surface area (Å²) >= 11 is 0. The average Bonchev–Trinajstić information content (AvgIpc) is 2.61. The summed E-state index contributed by atoms with van der Waals surface area (Å²) in [4.78, 5) is 12.0. The van der Waals surface area contributed by atoms with Gasteiger partial charge in [-0.25, -0.2) is 0 Å². The summed E-state index contributed by atoms with van der Waals surface area (Å²) in [5.74, 6) is 0.540. The van der Waals surface area contributed by atoms with E-state index in [1.165, 1.54) is 24.3 Å². The van der Waals surface area contributed by atoms with Crippen LogP contribution in [-0.2, 0) is 4.79 Å². The lowest BCUT2D eigenvalue weighted by Crippen LogP contribution is -2.30. The van der Waals surface area contributed by atoms with Crippen LogP contribution >= 0.6 is 0 Å². The second-order valence-corrected chi connectivity index (χ2v) is 5.30. The van der Waals surface area contributed by atoms with Crippen molar-refractivity contribution >= 4 is 11.6 Å². The smallest absolute Gasteiger partial charge is 0.387 e. The topological polar surface area (TPSA) is 59.6 Å². The molecule has 25 heavy (non-hydrogen) atoms. The third-order valence-corrected chi connectivity index (χ3v) is 3.54. The van der Waals surface area contributed by atoms with Crippen molar-refractivity contribution in [2.45, 2.75) is 19.6 Å². The average molecular weight is 350 g/mol. The largest absolute Gasteiger partial charge is 0.496 e. The van der Waals surface area contributed by atoms with Crippen LogP contribution in [-0.4, -0.2) is 26.2 Å². The van der Waals surface area contributed by atoms with Gasteiger partial charge in [0.1, 0.15) is 11.5 Å². The second kappa shape index (κ2) is 8.98. The number of nitrogens with one attached hydrogen (secondary N) is 2. The summed E-state index contributed by atoms with van der Waals surface area (Å²) in [5, 5.41) is 5.80. The second-order valence-electron chi connectivity index (χ2n) is 5.30. The Bertz CT molecular complexity index is 693. The van der Waals surface area contributed by atoms with E-state index in [-0.39, 0.29) is 24.2 Å². The summed E-state index contributed by atoms with van der Waals surface area (Å²) in [6.07, 6.45) is 0. The molecule has 1 atom stereocenters. The van der Waals surface area contributed by atoms with Crippen molar-refractivity contribution in [1.29, 1.82) is 0 Å². The fourth-order valence-corrected chi connectivity index (χ4v) is 2.30. The molecule has 0 heterocycles. The third kappa shape index (κ3) is 5.72. The van der Waals surface area contributed by atoms with E-state index in [0.29, 0.717) is 5.69 Å². The van der Waals surface area contributed by atoms with Gasteiger partial charge in [0.05, 0.1) is 13.7 Å². The van der Waals surface area contributed by atoms with E-state index in [4.69, 9.17) is 4.74 Å². The molecule has 0 saturated carbocycles. The Kier molecular flexibility index (Phi) is 6.71. The number of para-hydroxylation sites is 1. The molecule has 0 aliphatic heterocycles. The summed E-state index contributed by atoms with van der Waals surface area (Å²) in [7, 11) is 1.60. The van der Waals surface area contributed by atoms with E-state index in [1.54, 1.807) is 7.11 Å². The molecule has 2 aromatic rings. The Hall–Kier alpha value is -2.67. The molecule has 2 aromatic carbocycles. The first-order valence-electron chi connectivity index (χ1n) is 7.70.